The number of carboxylic acid groups (broad SMARTS) is 1. The summed E-state index contributed by atoms with van der Waals surface area (Å²) in [4.78, 5) is 24.4. The first kappa shape index (κ1) is 15.8. The Morgan fingerprint density at radius 3 is 2.57 bits per heavy atom. The minimum absolute atomic E-state index is 0.0379. The monoisotopic (exact) mass is 311 g/mol. The number of carboxylic acids is 1. The molecule has 4 nitrogen and oxygen atoms in total. The Morgan fingerprint density at radius 2 is 2.00 bits per heavy atom. The van der Waals surface area contributed by atoms with Crippen LogP contribution in [-0.2, 0) is 15.3 Å². The van der Waals surface area contributed by atoms with Gasteiger partial charge in [0.05, 0.1) is 11.7 Å². The van der Waals surface area contributed by atoms with Gasteiger partial charge < -0.3 is 10.0 Å². The highest BCUT2D eigenvalue weighted by molar-refractivity contribution is 7.99. The van der Waals surface area contributed by atoms with Gasteiger partial charge in [-0.3, -0.25) is 9.59 Å². The van der Waals surface area contributed by atoms with Crippen LogP contribution in [0.4, 0.5) is 4.39 Å². The molecule has 0 aromatic heterocycles. The fraction of sp³-hybridized carbons (Fsp3) is 0.467. The lowest BCUT2D eigenvalue weighted by Crippen LogP contribution is -2.54. The maximum Gasteiger partial charge on any atom is 0.306 e. The first-order valence-electron chi connectivity index (χ1n) is 6.80. The van der Waals surface area contributed by atoms with Gasteiger partial charge in [-0.25, -0.2) is 4.39 Å². The van der Waals surface area contributed by atoms with E-state index in [2.05, 4.69) is 0 Å². The third-order valence-electron chi connectivity index (χ3n) is 3.77. The van der Waals surface area contributed by atoms with Crippen molar-refractivity contribution in [1.29, 1.82) is 0 Å². The minimum Gasteiger partial charge on any atom is -0.481 e. The lowest BCUT2D eigenvalue weighted by molar-refractivity contribution is -0.149. The van der Waals surface area contributed by atoms with Crippen molar-refractivity contribution in [2.75, 3.05) is 18.8 Å². The molecule has 0 bridgehead atoms. The highest BCUT2D eigenvalue weighted by atomic mass is 32.2. The zero-order chi connectivity index (χ0) is 15.4. The number of hydrogen-bond donors (Lipinski definition) is 1. The average Bonchev–Trinajstić information content (AvgIpc) is 2.39. The largest absolute Gasteiger partial charge is 0.481 e. The Balaban J connectivity index is 1.67. The van der Waals surface area contributed by atoms with Crippen molar-refractivity contribution in [1.82, 2.24) is 4.90 Å². The molecule has 6 heteroatoms. The Hall–Kier alpha value is -1.56. The molecule has 1 atom stereocenters. The molecule has 2 rings (SSSR count). The van der Waals surface area contributed by atoms with Crippen molar-refractivity contribution in [3.63, 3.8) is 0 Å². The third-order valence-corrected chi connectivity index (χ3v) is 4.76. The molecule has 1 unspecified atom stereocenters. The van der Waals surface area contributed by atoms with E-state index in [4.69, 9.17) is 5.11 Å². The maximum absolute atomic E-state index is 12.7. The van der Waals surface area contributed by atoms with E-state index in [0.29, 0.717) is 24.6 Å². The summed E-state index contributed by atoms with van der Waals surface area (Å²) in [6.07, 6.45) is 0. The van der Waals surface area contributed by atoms with E-state index in [0.717, 1.165) is 5.56 Å². The summed E-state index contributed by atoms with van der Waals surface area (Å²) >= 11 is 1.48. The van der Waals surface area contributed by atoms with Crippen molar-refractivity contribution in [2.45, 2.75) is 12.7 Å². The zero-order valence-corrected chi connectivity index (χ0v) is 12.6. The van der Waals surface area contributed by atoms with Gasteiger partial charge in [-0.15, -0.1) is 11.8 Å². The third kappa shape index (κ3) is 4.20. The molecule has 1 aromatic rings. The van der Waals surface area contributed by atoms with Gasteiger partial charge in [-0.1, -0.05) is 19.1 Å². The molecule has 1 aliphatic rings. The summed E-state index contributed by atoms with van der Waals surface area (Å²) in [7, 11) is 0. The van der Waals surface area contributed by atoms with E-state index >= 15 is 0 Å². The molecular weight excluding hydrogens is 293 g/mol. The van der Waals surface area contributed by atoms with Crippen LogP contribution < -0.4 is 0 Å². The first-order valence-corrected chi connectivity index (χ1v) is 7.95. The number of carbonyl (C=O) groups is 2. The Labute approximate surface area is 127 Å². The van der Waals surface area contributed by atoms with Crippen LogP contribution in [-0.4, -0.2) is 40.7 Å². The molecule has 1 heterocycles. The van der Waals surface area contributed by atoms with Crippen LogP contribution in [0.5, 0.6) is 0 Å². The Morgan fingerprint density at radius 1 is 1.38 bits per heavy atom. The van der Waals surface area contributed by atoms with Gasteiger partial charge in [0.25, 0.3) is 0 Å². The van der Waals surface area contributed by atoms with Crippen LogP contribution in [0.25, 0.3) is 0 Å². The maximum atomic E-state index is 12.7. The minimum atomic E-state index is -0.808. The molecule has 1 amide bonds. The van der Waals surface area contributed by atoms with Crippen LogP contribution in [0.2, 0.25) is 0 Å². The van der Waals surface area contributed by atoms with Gasteiger partial charge in [0, 0.05) is 24.8 Å². The van der Waals surface area contributed by atoms with Crippen molar-refractivity contribution >= 4 is 23.6 Å². The Kier molecular flexibility index (Phi) is 5.22. The normalized spacial score (nSPS) is 16.4. The van der Waals surface area contributed by atoms with Crippen LogP contribution in [0.15, 0.2) is 24.3 Å². The van der Waals surface area contributed by atoms with E-state index in [1.165, 1.54) is 23.9 Å². The second-order valence-corrected chi connectivity index (χ2v) is 6.29. The second-order valence-electron chi connectivity index (χ2n) is 5.30. The zero-order valence-electron chi connectivity index (χ0n) is 11.8. The Bertz CT molecular complexity index is 514. The summed E-state index contributed by atoms with van der Waals surface area (Å²) in [5.41, 5.74) is 0.982. The predicted molar refractivity (Wildman–Crippen MR) is 79.4 cm³/mol. The van der Waals surface area contributed by atoms with Crippen molar-refractivity contribution in [3.05, 3.63) is 35.6 Å². The summed E-state index contributed by atoms with van der Waals surface area (Å²) < 4.78 is 12.7. The predicted octanol–water partition coefficient (Wildman–Crippen LogP) is 2.24. The number of thioether (sulfide) groups is 1. The van der Waals surface area contributed by atoms with Gasteiger partial charge in [0.1, 0.15) is 5.82 Å². The molecule has 0 aliphatic carbocycles. The van der Waals surface area contributed by atoms with Gasteiger partial charge in [0.2, 0.25) is 5.91 Å². The van der Waals surface area contributed by atoms with Crippen molar-refractivity contribution in [3.8, 4) is 0 Å². The number of rotatable bonds is 6. The molecule has 1 aromatic carbocycles. The molecule has 1 saturated heterocycles. The molecule has 1 N–H and O–H groups in total. The molecular formula is C15H18FNO3S. The summed E-state index contributed by atoms with van der Waals surface area (Å²) in [5, 5.41) is 8.90. The summed E-state index contributed by atoms with van der Waals surface area (Å²) in [5.74, 6) is -0.345. The number of halogens is 1. The van der Waals surface area contributed by atoms with Gasteiger partial charge in [0.15, 0.2) is 0 Å². The van der Waals surface area contributed by atoms with Crippen LogP contribution in [0.1, 0.15) is 12.5 Å². The smallest absolute Gasteiger partial charge is 0.306 e. The van der Waals surface area contributed by atoms with Crippen LogP contribution >= 0.6 is 11.8 Å². The van der Waals surface area contributed by atoms with Crippen molar-refractivity contribution in [2.24, 2.45) is 11.8 Å². The SMILES string of the molecule is CC(C(=O)O)C1CN(C(=O)CSCc2ccc(F)cc2)C1. The van der Waals surface area contributed by atoms with Gasteiger partial charge >= 0.3 is 5.97 Å². The molecule has 21 heavy (non-hydrogen) atoms. The number of hydrogen-bond acceptors (Lipinski definition) is 3. The summed E-state index contributed by atoms with van der Waals surface area (Å²) in [6.45, 7) is 2.74. The fourth-order valence-electron chi connectivity index (χ4n) is 2.16. The van der Waals surface area contributed by atoms with E-state index in [9.17, 15) is 14.0 Å². The quantitative estimate of drug-likeness (QED) is 0.875. The van der Waals surface area contributed by atoms with Gasteiger partial charge in [-0.2, -0.15) is 0 Å². The van der Waals surface area contributed by atoms with Gasteiger partial charge in [-0.05, 0) is 17.7 Å². The molecule has 1 fully saturated rings. The van der Waals surface area contributed by atoms with E-state index in [1.807, 2.05) is 0 Å². The fourth-order valence-corrected chi connectivity index (χ4v) is 3.05. The molecule has 0 saturated carbocycles. The highest BCUT2D eigenvalue weighted by Crippen LogP contribution is 2.25. The first-order chi connectivity index (χ1) is 9.97. The number of likely N-dealkylation sites (tertiary alicyclic amines) is 1. The van der Waals surface area contributed by atoms with Crippen LogP contribution in [0, 0.1) is 17.7 Å². The van der Waals surface area contributed by atoms with E-state index < -0.39 is 11.9 Å². The summed E-state index contributed by atoms with van der Waals surface area (Å²) in [6, 6.07) is 6.23. The number of aliphatic carboxylic acids is 1. The number of nitrogens with zero attached hydrogens (tertiary/aromatic N) is 1. The number of benzene rings is 1. The average molecular weight is 311 g/mol. The highest BCUT2D eigenvalue weighted by Gasteiger charge is 2.36. The topological polar surface area (TPSA) is 57.6 Å². The van der Waals surface area contributed by atoms with Crippen molar-refractivity contribution < 1.29 is 19.1 Å². The van der Waals surface area contributed by atoms with E-state index in [1.54, 1.807) is 24.0 Å². The lowest BCUT2D eigenvalue weighted by atomic mass is 9.87. The lowest BCUT2D eigenvalue weighted by Gasteiger charge is -2.41. The second kappa shape index (κ2) is 6.93. The number of amides is 1. The van der Waals surface area contributed by atoms with E-state index in [-0.39, 0.29) is 17.6 Å². The molecule has 0 radical (unpaired) electrons. The molecule has 114 valence electrons. The standard InChI is InChI=1S/C15H18FNO3S/c1-10(15(19)20)12-6-17(7-12)14(18)9-21-8-11-2-4-13(16)5-3-11/h2-5,10,12H,6-9H2,1H3,(H,19,20). The molecule has 1 aliphatic heterocycles. The molecule has 0 spiro atoms. The number of carbonyl (C=O) groups excluding carboxylic acids is 1. The van der Waals surface area contributed by atoms with Crippen LogP contribution in [0.3, 0.4) is 0 Å².